The minimum Gasteiger partial charge on any atom is -0.298 e. The molecule has 0 saturated heterocycles. The highest BCUT2D eigenvalue weighted by atomic mass is 15.3. The van der Waals surface area contributed by atoms with E-state index in [1.165, 1.54) is 43.2 Å². The fourth-order valence-corrected chi connectivity index (χ4v) is 5.43. The Labute approximate surface area is 200 Å². The Balaban J connectivity index is 1.39. The van der Waals surface area contributed by atoms with Crippen molar-refractivity contribution in [2.45, 2.75) is 79.7 Å². The van der Waals surface area contributed by atoms with E-state index in [0.717, 1.165) is 54.9 Å². The molecular formula is C29H42N4. The minimum absolute atomic E-state index is 0.460. The second-order valence-corrected chi connectivity index (χ2v) is 11.1. The van der Waals surface area contributed by atoms with Gasteiger partial charge in [0.05, 0.1) is 17.6 Å². The highest BCUT2D eigenvalue weighted by Crippen LogP contribution is 2.40. The van der Waals surface area contributed by atoms with Crippen molar-refractivity contribution in [3.8, 4) is 11.3 Å². The van der Waals surface area contributed by atoms with Gasteiger partial charge in [-0.25, -0.2) is 9.50 Å². The van der Waals surface area contributed by atoms with Gasteiger partial charge in [-0.05, 0) is 86.6 Å². The monoisotopic (exact) mass is 446 g/mol. The van der Waals surface area contributed by atoms with Gasteiger partial charge in [-0.15, -0.1) is 0 Å². The largest absolute Gasteiger partial charge is 0.298 e. The van der Waals surface area contributed by atoms with E-state index in [9.17, 15) is 0 Å². The summed E-state index contributed by atoms with van der Waals surface area (Å²) in [5.41, 5.74) is 6.11. The van der Waals surface area contributed by atoms with Crippen LogP contribution in [0.4, 0.5) is 0 Å². The van der Waals surface area contributed by atoms with Crippen LogP contribution in [0.3, 0.4) is 0 Å². The van der Waals surface area contributed by atoms with Crippen molar-refractivity contribution in [1.29, 1.82) is 0 Å². The molecule has 4 nitrogen and oxygen atoms in total. The number of imidazole rings is 1. The van der Waals surface area contributed by atoms with Gasteiger partial charge in [0.25, 0.3) is 0 Å². The number of benzene rings is 1. The molecule has 0 radical (unpaired) electrons. The molecule has 1 aromatic carbocycles. The third kappa shape index (κ3) is 6.03. The Kier molecular flexibility index (Phi) is 7.53. The van der Waals surface area contributed by atoms with Crippen LogP contribution in [-0.4, -0.2) is 32.6 Å². The SMILES string of the molecule is CCCN(CC)Cc1cn2nc(-c3ccc(CC4CCC(C(C)(C)C)CC4)cc3)ccc2n1. The Bertz CT molecular complexity index is 1020. The summed E-state index contributed by atoms with van der Waals surface area (Å²) >= 11 is 0. The quantitative estimate of drug-likeness (QED) is 0.373. The van der Waals surface area contributed by atoms with E-state index < -0.39 is 0 Å². The minimum atomic E-state index is 0.460. The molecule has 1 saturated carbocycles. The number of nitrogens with zero attached hydrogens (tertiary/aromatic N) is 4. The third-order valence-electron chi connectivity index (χ3n) is 7.59. The number of rotatable bonds is 8. The lowest BCUT2D eigenvalue weighted by molar-refractivity contribution is 0.150. The normalized spacial score (nSPS) is 19.5. The molecule has 33 heavy (non-hydrogen) atoms. The first-order valence-electron chi connectivity index (χ1n) is 13.0. The first-order chi connectivity index (χ1) is 15.9. The van der Waals surface area contributed by atoms with Crippen molar-refractivity contribution in [2.75, 3.05) is 13.1 Å². The van der Waals surface area contributed by atoms with Crippen molar-refractivity contribution in [3.05, 3.63) is 53.9 Å². The number of hydrogen-bond donors (Lipinski definition) is 0. The molecule has 4 heteroatoms. The molecule has 0 amide bonds. The van der Waals surface area contributed by atoms with Gasteiger partial charge in [0.15, 0.2) is 5.65 Å². The Hall–Kier alpha value is -2.20. The van der Waals surface area contributed by atoms with E-state index in [4.69, 9.17) is 10.1 Å². The van der Waals surface area contributed by atoms with Gasteiger partial charge in [0, 0.05) is 12.1 Å². The summed E-state index contributed by atoms with van der Waals surface area (Å²) in [6.07, 6.45) is 9.98. The fourth-order valence-electron chi connectivity index (χ4n) is 5.43. The first kappa shape index (κ1) is 23.9. The summed E-state index contributed by atoms with van der Waals surface area (Å²) < 4.78 is 1.94. The van der Waals surface area contributed by atoms with Gasteiger partial charge in [-0.1, -0.05) is 58.9 Å². The van der Waals surface area contributed by atoms with Gasteiger partial charge >= 0.3 is 0 Å². The average molecular weight is 447 g/mol. The van der Waals surface area contributed by atoms with Gasteiger partial charge in [0.1, 0.15) is 0 Å². The van der Waals surface area contributed by atoms with E-state index >= 15 is 0 Å². The van der Waals surface area contributed by atoms with Gasteiger partial charge in [0.2, 0.25) is 0 Å². The number of aromatic nitrogens is 3. The molecule has 0 unspecified atom stereocenters. The lowest BCUT2D eigenvalue weighted by atomic mass is 9.69. The zero-order valence-corrected chi connectivity index (χ0v) is 21.3. The summed E-state index contributed by atoms with van der Waals surface area (Å²) in [6, 6.07) is 13.3. The first-order valence-corrected chi connectivity index (χ1v) is 13.0. The zero-order valence-electron chi connectivity index (χ0n) is 21.3. The van der Waals surface area contributed by atoms with Gasteiger partial charge in [-0.2, -0.15) is 5.10 Å². The van der Waals surface area contributed by atoms with Crippen molar-refractivity contribution in [3.63, 3.8) is 0 Å². The summed E-state index contributed by atoms with van der Waals surface area (Å²) in [4.78, 5) is 7.20. The molecule has 0 aliphatic heterocycles. The molecule has 0 bridgehead atoms. The third-order valence-corrected chi connectivity index (χ3v) is 7.59. The molecule has 0 N–H and O–H groups in total. The van der Waals surface area contributed by atoms with E-state index in [-0.39, 0.29) is 0 Å². The summed E-state index contributed by atoms with van der Waals surface area (Å²) in [7, 11) is 0. The van der Waals surface area contributed by atoms with E-state index in [0.29, 0.717) is 5.41 Å². The lowest BCUT2D eigenvalue weighted by Gasteiger charge is -2.37. The van der Waals surface area contributed by atoms with Crippen molar-refractivity contribution in [1.82, 2.24) is 19.5 Å². The molecule has 4 rings (SSSR count). The second kappa shape index (κ2) is 10.4. The van der Waals surface area contributed by atoms with Crippen molar-refractivity contribution >= 4 is 5.65 Å². The molecule has 1 aliphatic carbocycles. The Morgan fingerprint density at radius 1 is 0.970 bits per heavy atom. The molecule has 0 spiro atoms. The standard InChI is InChI=1S/C29H42N4/c1-6-18-32(7-2)20-26-21-33-28(30-26)17-16-27(31-33)24-12-8-22(9-13-24)19-23-10-14-25(15-11-23)29(3,4)5/h8-9,12-13,16-17,21,23,25H,6-7,10-11,14-15,18-20H2,1-5H3. The van der Waals surface area contributed by atoms with Crippen LogP contribution in [0.25, 0.3) is 16.9 Å². The molecular weight excluding hydrogens is 404 g/mol. The highest BCUT2D eigenvalue weighted by Gasteiger charge is 2.29. The van der Waals surface area contributed by atoms with Crippen LogP contribution in [0.1, 0.15) is 78.0 Å². The fraction of sp³-hybridized carbons (Fsp3) is 0.586. The topological polar surface area (TPSA) is 33.4 Å². The van der Waals surface area contributed by atoms with Crippen LogP contribution in [-0.2, 0) is 13.0 Å². The Morgan fingerprint density at radius 3 is 2.33 bits per heavy atom. The van der Waals surface area contributed by atoms with Crippen molar-refractivity contribution < 1.29 is 0 Å². The summed E-state index contributed by atoms with van der Waals surface area (Å²) in [6.45, 7) is 14.7. The number of fused-ring (bicyclic) bond motifs is 1. The molecule has 2 aromatic heterocycles. The zero-order chi connectivity index (χ0) is 23.4. The lowest BCUT2D eigenvalue weighted by Crippen LogP contribution is -2.26. The van der Waals surface area contributed by atoms with Crippen LogP contribution in [0.15, 0.2) is 42.6 Å². The smallest absolute Gasteiger partial charge is 0.153 e. The average Bonchev–Trinajstić information content (AvgIpc) is 3.20. The van der Waals surface area contributed by atoms with Crippen LogP contribution in [0.2, 0.25) is 0 Å². The molecule has 2 heterocycles. The number of hydrogen-bond acceptors (Lipinski definition) is 3. The maximum Gasteiger partial charge on any atom is 0.153 e. The molecule has 178 valence electrons. The highest BCUT2D eigenvalue weighted by molar-refractivity contribution is 5.60. The predicted octanol–water partition coefficient (Wildman–Crippen LogP) is 7.02. The Morgan fingerprint density at radius 2 is 1.70 bits per heavy atom. The van der Waals surface area contributed by atoms with E-state index in [1.54, 1.807) is 0 Å². The summed E-state index contributed by atoms with van der Waals surface area (Å²) in [5, 5.41) is 4.86. The maximum absolute atomic E-state index is 4.86. The maximum atomic E-state index is 4.86. The van der Waals surface area contributed by atoms with Crippen LogP contribution in [0.5, 0.6) is 0 Å². The molecule has 1 aliphatic rings. The van der Waals surface area contributed by atoms with Crippen LogP contribution in [0, 0.1) is 17.3 Å². The van der Waals surface area contributed by atoms with E-state index in [2.05, 4.69) is 82.1 Å². The van der Waals surface area contributed by atoms with Crippen molar-refractivity contribution in [2.24, 2.45) is 17.3 Å². The van der Waals surface area contributed by atoms with Crippen LogP contribution < -0.4 is 0 Å². The van der Waals surface area contributed by atoms with Gasteiger partial charge in [-0.3, -0.25) is 4.90 Å². The molecule has 3 aromatic rings. The second-order valence-electron chi connectivity index (χ2n) is 11.1. The van der Waals surface area contributed by atoms with Crippen LogP contribution >= 0.6 is 0 Å². The molecule has 0 atom stereocenters. The predicted molar refractivity (Wildman–Crippen MR) is 138 cm³/mol. The molecule has 1 fully saturated rings. The summed E-state index contributed by atoms with van der Waals surface area (Å²) in [5.74, 6) is 1.72. The van der Waals surface area contributed by atoms with Gasteiger partial charge < -0.3 is 0 Å². The van der Waals surface area contributed by atoms with E-state index in [1.807, 2.05) is 4.52 Å².